The number of hydrogen-bond acceptors (Lipinski definition) is 7. The molecular weight excluding hydrogens is 450 g/mol. The molecule has 0 heterocycles. The highest BCUT2D eigenvalue weighted by molar-refractivity contribution is 5.89. The Morgan fingerprint density at radius 3 is 2.09 bits per heavy atom. The van der Waals surface area contributed by atoms with E-state index in [1.54, 1.807) is 12.1 Å². The van der Waals surface area contributed by atoms with Crippen molar-refractivity contribution in [2.45, 2.75) is 40.2 Å². The minimum Gasteiger partial charge on any atom is -0.493 e. The topological polar surface area (TPSA) is 107 Å². The highest BCUT2D eigenvalue weighted by atomic mass is 16.5. The standard InChI is InChI=1S/C26H35N3O6/c1-16(2)11-20(28-23(30)15-35-24-17(3)9-8-10-18(24)4)26(31)29-27-14-19-12-21(32-5)25(34-7)22(13-19)33-6/h8-10,12-14,16,20H,11,15H2,1-7H3,(H,28,30)(H,29,31)/b27-14-/t20-/m0/s1. The number of para-hydroxylation sites is 1. The molecule has 35 heavy (non-hydrogen) atoms. The zero-order valence-electron chi connectivity index (χ0n) is 21.4. The Morgan fingerprint density at radius 1 is 0.971 bits per heavy atom. The van der Waals surface area contributed by atoms with E-state index < -0.39 is 11.9 Å². The Bertz CT molecular complexity index is 1010. The molecule has 0 aromatic heterocycles. The maximum absolute atomic E-state index is 12.8. The van der Waals surface area contributed by atoms with Gasteiger partial charge in [0.25, 0.3) is 11.8 Å². The Hall–Kier alpha value is -3.75. The molecule has 0 aliphatic heterocycles. The Balaban J connectivity index is 2.04. The molecule has 1 atom stereocenters. The first-order chi connectivity index (χ1) is 16.7. The van der Waals surface area contributed by atoms with Gasteiger partial charge in [-0.25, -0.2) is 5.43 Å². The van der Waals surface area contributed by atoms with Crippen molar-refractivity contribution >= 4 is 18.0 Å². The van der Waals surface area contributed by atoms with E-state index in [0.29, 0.717) is 35.0 Å². The van der Waals surface area contributed by atoms with Gasteiger partial charge in [-0.1, -0.05) is 32.0 Å². The van der Waals surface area contributed by atoms with Crippen LogP contribution in [0.15, 0.2) is 35.4 Å². The van der Waals surface area contributed by atoms with E-state index in [0.717, 1.165) is 11.1 Å². The monoisotopic (exact) mass is 485 g/mol. The highest BCUT2D eigenvalue weighted by Gasteiger charge is 2.22. The number of carbonyl (C=O) groups is 2. The maximum Gasteiger partial charge on any atom is 0.262 e. The van der Waals surface area contributed by atoms with Crippen LogP contribution in [0.2, 0.25) is 0 Å². The van der Waals surface area contributed by atoms with Gasteiger partial charge in [0.1, 0.15) is 11.8 Å². The summed E-state index contributed by atoms with van der Waals surface area (Å²) in [5, 5.41) is 6.79. The predicted octanol–water partition coefficient (Wildman–Crippen LogP) is 3.39. The van der Waals surface area contributed by atoms with Gasteiger partial charge in [0.15, 0.2) is 18.1 Å². The number of ether oxygens (including phenoxy) is 4. The van der Waals surface area contributed by atoms with E-state index in [1.165, 1.54) is 27.5 Å². The zero-order chi connectivity index (χ0) is 26.0. The molecule has 0 unspecified atom stereocenters. The van der Waals surface area contributed by atoms with Crippen LogP contribution >= 0.6 is 0 Å². The van der Waals surface area contributed by atoms with Crippen molar-refractivity contribution in [1.82, 2.24) is 10.7 Å². The largest absolute Gasteiger partial charge is 0.493 e. The lowest BCUT2D eigenvalue weighted by Crippen LogP contribution is -2.47. The van der Waals surface area contributed by atoms with Crippen LogP contribution in [0.1, 0.15) is 37.0 Å². The third-order valence-corrected chi connectivity index (χ3v) is 5.19. The number of aryl methyl sites for hydroxylation is 2. The fourth-order valence-corrected chi connectivity index (χ4v) is 3.53. The normalized spacial score (nSPS) is 11.8. The van der Waals surface area contributed by atoms with E-state index in [-0.39, 0.29) is 18.4 Å². The SMILES string of the molecule is COc1cc(/C=N\NC(=O)[C@H](CC(C)C)NC(=O)COc2c(C)cccc2C)cc(OC)c1OC. The summed E-state index contributed by atoms with van der Waals surface area (Å²) in [4.78, 5) is 25.3. The van der Waals surface area contributed by atoms with Gasteiger partial charge in [-0.05, 0) is 49.4 Å². The Morgan fingerprint density at radius 2 is 1.57 bits per heavy atom. The van der Waals surface area contributed by atoms with Crippen LogP contribution in [0.25, 0.3) is 0 Å². The summed E-state index contributed by atoms with van der Waals surface area (Å²) in [6, 6.07) is 8.41. The van der Waals surface area contributed by atoms with Gasteiger partial charge in [0.05, 0.1) is 27.5 Å². The molecule has 2 N–H and O–H groups in total. The van der Waals surface area contributed by atoms with Crippen molar-refractivity contribution in [2.24, 2.45) is 11.0 Å². The summed E-state index contributed by atoms with van der Waals surface area (Å²) in [5.74, 6) is 1.41. The molecule has 0 saturated heterocycles. The van der Waals surface area contributed by atoms with Crippen LogP contribution < -0.4 is 29.7 Å². The van der Waals surface area contributed by atoms with Gasteiger partial charge in [-0.3, -0.25) is 9.59 Å². The highest BCUT2D eigenvalue weighted by Crippen LogP contribution is 2.37. The second kappa shape index (κ2) is 13.2. The lowest BCUT2D eigenvalue weighted by molar-refractivity contribution is -0.130. The molecule has 0 spiro atoms. The summed E-state index contributed by atoms with van der Waals surface area (Å²) in [5.41, 5.74) is 5.01. The molecule has 190 valence electrons. The van der Waals surface area contributed by atoms with Crippen molar-refractivity contribution in [3.05, 3.63) is 47.0 Å². The average Bonchev–Trinajstić information content (AvgIpc) is 2.82. The number of rotatable bonds is 12. The molecule has 9 nitrogen and oxygen atoms in total. The first-order valence-corrected chi connectivity index (χ1v) is 11.3. The van der Waals surface area contributed by atoms with Crippen LogP contribution in [0.4, 0.5) is 0 Å². The van der Waals surface area contributed by atoms with Crippen molar-refractivity contribution in [3.63, 3.8) is 0 Å². The van der Waals surface area contributed by atoms with Crippen LogP contribution in [-0.4, -0.2) is 52.0 Å². The third kappa shape index (κ3) is 7.91. The molecule has 2 aromatic rings. The summed E-state index contributed by atoms with van der Waals surface area (Å²) < 4.78 is 21.7. The van der Waals surface area contributed by atoms with Crippen molar-refractivity contribution in [2.75, 3.05) is 27.9 Å². The number of amides is 2. The van der Waals surface area contributed by atoms with E-state index in [4.69, 9.17) is 18.9 Å². The zero-order valence-corrected chi connectivity index (χ0v) is 21.4. The van der Waals surface area contributed by atoms with Crippen LogP contribution in [0.5, 0.6) is 23.0 Å². The molecule has 2 aromatic carbocycles. The van der Waals surface area contributed by atoms with Gasteiger partial charge in [0, 0.05) is 5.56 Å². The number of nitrogens with one attached hydrogen (secondary N) is 2. The summed E-state index contributed by atoms with van der Waals surface area (Å²) in [6.45, 7) is 7.59. The molecule has 0 aliphatic rings. The van der Waals surface area contributed by atoms with E-state index in [2.05, 4.69) is 15.8 Å². The second-order valence-corrected chi connectivity index (χ2v) is 8.45. The molecule has 0 saturated carbocycles. The van der Waals surface area contributed by atoms with E-state index in [1.807, 2.05) is 45.9 Å². The Kier molecular flexibility index (Phi) is 10.4. The average molecular weight is 486 g/mol. The van der Waals surface area contributed by atoms with E-state index in [9.17, 15) is 9.59 Å². The number of benzene rings is 2. The van der Waals surface area contributed by atoms with Gasteiger partial charge < -0.3 is 24.3 Å². The van der Waals surface area contributed by atoms with Crippen molar-refractivity contribution in [1.29, 1.82) is 0 Å². The second-order valence-electron chi connectivity index (χ2n) is 8.45. The first kappa shape index (κ1) is 27.5. The van der Waals surface area contributed by atoms with Crippen molar-refractivity contribution in [3.8, 4) is 23.0 Å². The van der Waals surface area contributed by atoms with Crippen LogP contribution in [-0.2, 0) is 9.59 Å². The molecule has 0 fully saturated rings. The van der Waals surface area contributed by atoms with Gasteiger partial charge in [0.2, 0.25) is 5.75 Å². The fourth-order valence-electron chi connectivity index (χ4n) is 3.53. The molecule has 0 aliphatic carbocycles. The maximum atomic E-state index is 12.8. The number of hydrazone groups is 1. The molecule has 2 amide bonds. The fraction of sp³-hybridized carbons (Fsp3) is 0.423. The predicted molar refractivity (Wildman–Crippen MR) is 135 cm³/mol. The van der Waals surface area contributed by atoms with Crippen LogP contribution in [0.3, 0.4) is 0 Å². The molecule has 0 bridgehead atoms. The van der Waals surface area contributed by atoms with Gasteiger partial charge in [-0.2, -0.15) is 5.10 Å². The molecular formula is C26H35N3O6. The minimum atomic E-state index is -0.763. The molecule has 2 rings (SSSR count). The molecule has 0 radical (unpaired) electrons. The smallest absolute Gasteiger partial charge is 0.262 e. The van der Waals surface area contributed by atoms with Crippen LogP contribution in [0, 0.1) is 19.8 Å². The summed E-state index contributed by atoms with van der Waals surface area (Å²) in [6.07, 6.45) is 1.90. The van der Waals surface area contributed by atoms with E-state index >= 15 is 0 Å². The summed E-state index contributed by atoms with van der Waals surface area (Å²) >= 11 is 0. The van der Waals surface area contributed by atoms with Gasteiger partial charge >= 0.3 is 0 Å². The lowest BCUT2D eigenvalue weighted by Gasteiger charge is -2.19. The third-order valence-electron chi connectivity index (χ3n) is 5.19. The Labute approximate surface area is 206 Å². The number of methoxy groups -OCH3 is 3. The summed E-state index contributed by atoms with van der Waals surface area (Å²) in [7, 11) is 4.55. The molecule has 9 heteroatoms. The lowest BCUT2D eigenvalue weighted by atomic mass is 10.0. The number of hydrogen-bond donors (Lipinski definition) is 2. The number of carbonyl (C=O) groups excluding carboxylic acids is 2. The van der Waals surface area contributed by atoms with Gasteiger partial charge in [-0.15, -0.1) is 0 Å². The quantitative estimate of drug-likeness (QED) is 0.353. The minimum absolute atomic E-state index is 0.171. The number of nitrogens with zero attached hydrogens (tertiary/aromatic N) is 1. The first-order valence-electron chi connectivity index (χ1n) is 11.3. The van der Waals surface area contributed by atoms with Crippen molar-refractivity contribution < 1.29 is 28.5 Å².